The molecule has 122 valence electrons. The second-order valence-corrected chi connectivity index (χ2v) is 6.59. The molecule has 2 rings (SSSR count). The molecule has 0 radical (unpaired) electrons. The van der Waals surface area contributed by atoms with Gasteiger partial charge in [-0.3, -0.25) is 4.99 Å². The molecule has 0 bridgehead atoms. The van der Waals surface area contributed by atoms with E-state index in [4.69, 9.17) is 4.74 Å². The molecule has 0 saturated carbocycles. The fraction of sp³-hybridized carbons (Fsp3) is 0.381. The largest absolute Gasteiger partial charge is 0.491 e. The van der Waals surface area contributed by atoms with E-state index in [9.17, 15) is 0 Å². The van der Waals surface area contributed by atoms with Crippen molar-refractivity contribution in [2.75, 3.05) is 0 Å². The molecule has 2 aromatic carbocycles. The van der Waals surface area contributed by atoms with Gasteiger partial charge in [0.1, 0.15) is 5.75 Å². The van der Waals surface area contributed by atoms with Crippen molar-refractivity contribution in [1.82, 2.24) is 0 Å². The van der Waals surface area contributed by atoms with E-state index in [0.29, 0.717) is 0 Å². The monoisotopic (exact) mass is 309 g/mol. The molecule has 0 fully saturated rings. The summed E-state index contributed by atoms with van der Waals surface area (Å²) in [6, 6.07) is 16.5. The Morgan fingerprint density at radius 2 is 1.57 bits per heavy atom. The Labute approximate surface area is 140 Å². The first kappa shape index (κ1) is 17.3. The van der Waals surface area contributed by atoms with Crippen molar-refractivity contribution in [1.29, 1.82) is 0 Å². The summed E-state index contributed by atoms with van der Waals surface area (Å²) in [5.41, 5.74) is 3.44. The van der Waals surface area contributed by atoms with Crippen LogP contribution in [-0.2, 0) is 6.42 Å². The molecule has 0 atom stereocenters. The summed E-state index contributed by atoms with van der Waals surface area (Å²) in [6.45, 7) is 8.58. The molecular weight excluding hydrogens is 282 g/mol. The fourth-order valence-corrected chi connectivity index (χ4v) is 2.26. The summed E-state index contributed by atoms with van der Waals surface area (Å²) in [6.07, 6.45) is 4.46. The fourth-order valence-electron chi connectivity index (χ4n) is 2.26. The van der Waals surface area contributed by atoms with E-state index < -0.39 is 0 Å². The van der Waals surface area contributed by atoms with E-state index >= 15 is 0 Å². The third-order valence-electron chi connectivity index (χ3n) is 3.56. The number of ether oxygens (including phenoxy) is 1. The van der Waals surface area contributed by atoms with E-state index in [2.05, 4.69) is 43.1 Å². The molecule has 0 N–H and O–H groups in total. The predicted molar refractivity (Wildman–Crippen MR) is 99.1 cm³/mol. The van der Waals surface area contributed by atoms with Crippen molar-refractivity contribution in [3.63, 3.8) is 0 Å². The topological polar surface area (TPSA) is 21.6 Å². The Hall–Kier alpha value is -2.09. The van der Waals surface area contributed by atoms with Crippen LogP contribution in [0, 0.1) is 5.92 Å². The van der Waals surface area contributed by atoms with Gasteiger partial charge < -0.3 is 4.74 Å². The predicted octanol–water partition coefficient (Wildman–Crippen LogP) is 5.81. The molecule has 0 aliphatic heterocycles. The molecule has 2 nitrogen and oxygen atoms in total. The van der Waals surface area contributed by atoms with Crippen LogP contribution in [0.25, 0.3) is 0 Å². The van der Waals surface area contributed by atoms with Crippen LogP contribution in [0.4, 0.5) is 5.69 Å². The standard InChI is InChI=1S/C21H27NO/c1-16(2)5-6-18-7-11-20(12-8-18)22-15-19-9-13-21(14-10-19)23-17(3)4/h7-17H,5-6H2,1-4H3. The Morgan fingerprint density at radius 3 is 2.13 bits per heavy atom. The Morgan fingerprint density at radius 1 is 0.913 bits per heavy atom. The smallest absolute Gasteiger partial charge is 0.119 e. The lowest BCUT2D eigenvalue weighted by molar-refractivity contribution is 0.242. The zero-order valence-corrected chi connectivity index (χ0v) is 14.6. The summed E-state index contributed by atoms with van der Waals surface area (Å²) in [5.74, 6) is 1.64. The number of aliphatic imine (C=N–C) groups is 1. The van der Waals surface area contributed by atoms with Gasteiger partial charge in [0.15, 0.2) is 0 Å². The van der Waals surface area contributed by atoms with Gasteiger partial charge in [0, 0.05) is 6.21 Å². The minimum Gasteiger partial charge on any atom is -0.491 e. The zero-order chi connectivity index (χ0) is 16.7. The van der Waals surface area contributed by atoms with Crippen LogP contribution in [0.1, 0.15) is 45.2 Å². The summed E-state index contributed by atoms with van der Waals surface area (Å²) < 4.78 is 5.64. The van der Waals surface area contributed by atoms with Crippen molar-refractivity contribution < 1.29 is 4.74 Å². The molecule has 23 heavy (non-hydrogen) atoms. The number of benzene rings is 2. The van der Waals surface area contributed by atoms with E-state index in [1.165, 1.54) is 12.0 Å². The first-order chi connectivity index (χ1) is 11.0. The van der Waals surface area contributed by atoms with Gasteiger partial charge in [-0.05, 0) is 80.1 Å². The van der Waals surface area contributed by atoms with Gasteiger partial charge in [-0.1, -0.05) is 26.0 Å². The Kier molecular flexibility index (Phi) is 6.40. The van der Waals surface area contributed by atoms with Crippen LogP contribution >= 0.6 is 0 Å². The highest BCUT2D eigenvalue weighted by Crippen LogP contribution is 2.17. The lowest BCUT2D eigenvalue weighted by Gasteiger charge is -2.09. The van der Waals surface area contributed by atoms with Gasteiger partial charge >= 0.3 is 0 Å². The minimum absolute atomic E-state index is 0.198. The lowest BCUT2D eigenvalue weighted by Crippen LogP contribution is -2.05. The van der Waals surface area contributed by atoms with Crippen molar-refractivity contribution in [2.45, 2.75) is 46.6 Å². The third-order valence-corrected chi connectivity index (χ3v) is 3.56. The summed E-state index contributed by atoms with van der Waals surface area (Å²) >= 11 is 0. The number of hydrogen-bond acceptors (Lipinski definition) is 2. The SMILES string of the molecule is CC(C)CCc1ccc(N=Cc2ccc(OC(C)C)cc2)cc1. The van der Waals surface area contributed by atoms with Crippen molar-refractivity contribution in [3.05, 3.63) is 59.7 Å². The van der Waals surface area contributed by atoms with Crippen LogP contribution in [0.3, 0.4) is 0 Å². The second-order valence-electron chi connectivity index (χ2n) is 6.59. The first-order valence-electron chi connectivity index (χ1n) is 8.42. The molecule has 0 aliphatic rings. The van der Waals surface area contributed by atoms with Crippen molar-refractivity contribution in [2.24, 2.45) is 10.9 Å². The minimum atomic E-state index is 0.198. The Balaban J connectivity index is 1.94. The van der Waals surface area contributed by atoms with E-state index in [1.54, 1.807) is 0 Å². The molecule has 0 unspecified atom stereocenters. The molecule has 0 heterocycles. The van der Waals surface area contributed by atoms with Crippen LogP contribution in [0.2, 0.25) is 0 Å². The lowest BCUT2D eigenvalue weighted by atomic mass is 10.0. The maximum atomic E-state index is 5.64. The highest BCUT2D eigenvalue weighted by atomic mass is 16.5. The van der Waals surface area contributed by atoms with Crippen LogP contribution in [0.5, 0.6) is 5.75 Å². The average molecular weight is 309 g/mol. The molecule has 2 heteroatoms. The molecular formula is C21H27NO. The highest BCUT2D eigenvalue weighted by Gasteiger charge is 1.98. The number of nitrogens with zero attached hydrogens (tertiary/aromatic N) is 1. The maximum absolute atomic E-state index is 5.64. The van der Waals surface area contributed by atoms with E-state index in [-0.39, 0.29) is 6.10 Å². The maximum Gasteiger partial charge on any atom is 0.119 e. The van der Waals surface area contributed by atoms with Crippen molar-refractivity contribution in [3.8, 4) is 5.75 Å². The van der Waals surface area contributed by atoms with Crippen LogP contribution in [-0.4, -0.2) is 12.3 Å². The number of rotatable bonds is 7. The molecule has 0 saturated heterocycles. The summed E-state index contributed by atoms with van der Waals surface area (Å²) in [5, 5.41) is 0. The van der Waals surface area contributed by atoms with E-state index in [1.807, 2.05) is 44.3 Å². The van der Waals surface area contributed by atoms with Gasteiger partial charge in [0.25, 0.3) is 0 Å². The van der Waals surface area contributed by atoms with Gasteiger partial charge in [0.2, 0.25) is 0 Å². The number of aryl methyl sites for hydroxylation is 1. The first-order valence-corrected chi connectivity index (χ1v) is 8.42. The Bertz CT molecular complexity index is 609. The van der Waals surface area contributed by atoms with Crippen molar-refractivity contribution >= 4 is 11.9 Å². The van der Waals surface area contributed by atoms with Gasteiger partial charge in [0.05, 0.1) is 11.8 Å². The molecule has 2 aromatic rings. The van der Waals surface area contributed by atoms with Gasteiger partial charge in [-0.15, -0.1) is 0 Å². The molecule has 0 aromatic heterocycles. The highest BCUT2D eigenvalue weighted by molar-refractivity contribution is 5.82. The quantitative estimate of drug-likeness (QED) is 0.591. The number of hydrogen-bond donors (Lipinski definition) is 0. The zero-order valence-electron chi connectivity index (χ0n) is 14.6. The molecule has 0 aliphatic carbocycles. The van der Waals surface area contributed by atoms with Gasteiger partial charge in [-0.25, -0.2) is 0 Å². The van der Waals surface area contributed by atoms with Crippen LogP contribution < -0.4 is 4.74 Å². The summed E-state index contributed by atoms with van der Waals surface area (Å²) in [7, 11) is 0. The molecule has 0 spiro atoms. The van der Waals surface area contributed by atoms with Gasteiger partial charge in [-0.2, -0.15) is 0 Å². The third kappa shape index (κ3) is 6.27. The summed E-state index contributed by atoms with van der Waals surface area (Å²) in [4.78, 5) is 4.54. The van der Waals surface area contributed by atoms with Crippen LogP contribution in [0.15, 0.2) is 53.5 Å². The second kappa shape index (κ2) is 8.52. The average Bonchev–Trinajstić information content (AvgIpc) is 2.53. The molecule has 0 amide bonds. The normalized spacial score (nSPS) is 11.6. The van der Waals surface area contributed by atoms with E-state index in [0.717, 1.165) is 29.3 Å².